The Labute approximate surface area is 156 Å². The van der Waals surface area contributed by atoms with E-state index in [-0.39, 0.29) is 12.5 Å². The Bertz CT molecular complexity index is 969. The molecule has 1 aliphatic rings. The first-order valence-corrected chi connectivity index (χ1v) is 8.64. The minimum absolute atomic E-state index is 0.310. The smallest absolute Gasteiger partial charge is 0.333 e. The molecule has 1 N–H and O–H groups in total. The third-order valence-corrected chi connectivity index (χ3v) is 4.09. The molecule has 0 unspecified atom stereocenters. The second-order valence-electron chi connectivity index (χ2n) is 7.37. The highest BCUT2D eigenvalue weighted by Gasteiger charge is 2.26. The molecule has 1 aromatic carbocycles. The molecular weight excluding hydrogens is 350 g/mol. The van der Waals surface area contributed by atoms with E-state index < -0.39 is 16.7 Å². The van der Waals surface area contributed by atoms with E-state index in [2.05, 4.69) is 10.4 Å². The van der Waals surface area contributed by atoms with Crippen LogP contribution in [0, 0.1) is 0 Å². The zero-order valence-electron chi connectivity index (χ0n) is 15.9. The quantitative estimate of drug-likeness (QED) is 0.783. The number of benzene rings is 1. The lowest BCUT2D eigenvalue weighted by Crippen LogP contribution is -2.47. The van der Waals surface area contributed by atoms with Crippen LogP contribution in [0.4, 0.5) is 11.6 Å². The van der Waals surface area contributed by atoms with Gasteiger partial charge in [-0.1, -0.05) is 0 Å². The maximum absolute atomic E-state index is 12.4. The van der Waals surface area contributed by atoms with Crippen molar-refractivity contribution in [2.24, 2.45) is 0 Å². The second kappa shape index (κ2) is 6.90. The number of amides is 1. The third kappa shape index (κ3) is 3.86. The molecule has 0 bridgehead atoms. The van der Waals surface area contributed by atoms with Crippen LogP contribution < -0.4 is 26.1 Å². The van der Waals surface area contributed by atoms with Gasteiger partial charge in [-0.2, -0.15) is 0 Å². The van der Waals surface area contributed by atoms with E-state index in [9.17, 15) is 14.4 Å². The molecule has 0 spiro atoms. The summed E-state index contributed by atoms with van der Waals surface area (Å²) in [6, 6.07) is 7.32. The monoisotopic (exact) mass is 373 g/mol. The fraction of sp³-hybridized carbons (Fsp3) is 0.444. The first-order valence-electron chi connectivity index (χ1n) is 8.64. The predicted molar refractivity (Wildman–Crippen MR) is 101 cm³/mol. The summed E-state index contributed by atoms with van der Waals surface area (Å²) in [7, 11) is 1.59. The van der Waals surface area contributed by atoms with Gasteiger partial charge in [0.15, 0.2) is 0 Å². The Kier molecular flexibility index (Phi) is 4.77. The summed E-state index contributed by atoms with van der Waals surface area (Å²) < 4.78 is 7.43. The summed E-state index contributed by atoms with van der Waals surface area (Å²) in [5.74, 6) is 0.677. The van der Waals surface area contributed by atoms with Crippen LogP contribution in [-0.2, 0) is 17.9 Å². The minimum Gasteiger partial charge on any atom is -0.497 e. The lowest BCUT2D eigenvalue weighted by Gasteiger charge is -2.21. The summed E-state index contributed by atoms with van der Waals surface area (Å²) in [5, 5.41) is 7.05. The van der Waals surface area contributed by atoms with Gasteiger partial charge >= 0.3 is 11.1 Å². The molecule has 0 fully saturated rings. The van der Waals surface area contributed by atoms with Gasteiger partial charge < -0.3 is 15.0 Å². The Morgan fingerprint density at radius 1 is 1.15 bits per heavy atom. The Hall–Kier alpha value is -3.10. The van der Waals surface area contributed by atoms with Gasteiger partial charge in [0.1, 0.15) is 12.3 Å². The first kappa shape index (κ1) is 18.7. The maximum Gasteiger partial charge on any atom is 0.333 e. The van der Waals surface area contributed by atoms with Crippen molar-refractivity contribution in [1.29, 1.82) is 0 Å². The van der Waals surface area contributed by atoms with Crippen molar-refractivity contribution in [3.05, 3.63) is 45.0 Å². The van der Waals surface area contributed by atoms with Crippen molar-refractivity contribution in [3.8, 4) is 5.75 Å². The van der Waals surface area contributed by atoms with Crippen LogP contribution in [0.3, 0.4) is 0 Å². The summed E-state index contributed by atoms with van der Waals surface area (Å²) in [6.45, 7) is 6.07. The largest absolute Gasteiger partial charge is 0.497 e. The molecule has 9 heteroatoms. The minimum atomic E-state index is -0.806. The van der Waals surface area contributed by atoms with Crippen molar-refractivity contribution >= 4 is 17.5 Å². The Morgan fingerprint density at radius 3 is 2.41 bits per heavy atom. The number of fused-ring (bicyclic) bond motifs is 1. The van der Waals surface area contributed by atoms with E-state index in [1.54, 1.807) is 7.11 Å². The van der Waals surface area contributed by atoms with Crippen LogP contribution in [-0.4, -0.2) is 39.4 Å². The van der Waals surface area contributed by atoms with Crippen LogP contribution in [0.1, 0.15) is 20.8 Å². The van der Waals surface area contributed by atoms with Crippen molar-refractivity contribution in [2.45, 2.75) is 39.4 Å². The molecule has 0 saturated heterocycles. The van der Waals surface area contributed by atoms with Crippen molar-refractivity contribution in [2.75, 3.05) is 18.6 Å². The molecule has 2 heterocycles. The highest BCUT2D eigenvalue weighted by atomic mass is 16.5. The topological polar surface area (TPSA) is 98.5 Å². The predicted octanol–water partition coefficient (Wildman–Crippen LogP) is 0.480. The molecule has 2 aromatic rings. The maximum atomic E-state index is 12.4. The number of hydrogen-bond donors (Lipinski definition) is 1. The van der Waals surface area contributed by atoms with Crippen LogP contribution >= 0.6 is 0 Å². The molecule has 0 atom stereocenters. The first-order chi connectivity index (χ1) is 12.7. The number of ether oxygens (including phenoxy) is 1. The van der Waals surface area contributed by atoms with E-state index in [1.165, 1.54) is 4.57 Å². The number of rotatable bonds is 4. The van der Waals surface area contributed by atoms with Gasteiger partial charge in [0.2, 0.25) is 11.9 Å². The molecule has 9 nitrogen and oxygen atoms in total. The molecule has 1 amide bonds. The average Bonchev–Trinajstić information content (AvgIpc) is 3.01. The van der Waals surface area contributed by atoms with Crippen LogP contribution in [0.5, 0.6) is 5.75 Å². The highest BCUT2D eigenvalue weighted by molar-refractivity contribution is 5.76. The number of methoxy groups -OCH3 is 1. The van der Waals surface area contributed by atoms with E-state index in [0.717, 1.165) is 10.4 Å². The Morgan fingerprint density at radius 2 is 1.81 bits per heavy atom. The summed E-state index contributed by atoms with van der Waals surface area (Å²) in [6.07, 6.45) is 0. The number of carbonyl (C=O) groups is 1. The molecule has 27 heavy (non-hydrogen) atoms. The van der Waals surface area contributed by atoms with E-state index >= 15 is 0 Å². The average molecular weight is 373 g/mol. The number of hydrogen-bond acceptors (Lipinski definition) is 6. The molecular formula is C18H23N5O4. The number of carbonyl (C=O) groups excluding carboxylic acids is 1. The van der Waals surface area contributed by atoms with Gasteiger partial charge in [-0.25, -0.2) is 4.68 Å². The number of anilines is 2. The zero-order valence-corrected chi connectivity index (χ0v) is 15.9. The SMILES string of the molecule is COc1ccc(N2CCn3c2nn(CC(=O)NC(C)(C)C)c(=O)c3=O)cc1. The molecule has 1 aliphatic heterocycles. The summed E-state index contributed by atoms with van der Waals surface area (Å²) >= 11 is 0. The summed E-state index contributed by atoms with van der Waals surface area (Å²) in [4.78, 5) is 38.7. The van der Waals surface area contributed by atoms with Crippen LogP contribution in [0.25, 0.3) is 0 Å². The van der Waals surface area contributed by atoms with Gasteiger partial charge in [-0.05, 0) is 45.0 Å². The lowest BCUT2D eigenvalue weighted by molar-refractivity contribution is -0.123. The lowest BCUT2D eigenvalue weighted by atomic mass is 10.1. The fourth-order valence-corrected chi connectivity index (χ4v) is 2.93. The third-order valence-electron chi connectivity index (χ3n) is 4.09. The summed E-state index contributed by atoms with van der Waals surface area (Å²) in [5.41, 5.74) is -1.11. The molecule has 0 saturated carbocycles. The molecule has 3 rings (SSSR count). The van der Waals surface area contributed by atoms with Crippen LogP contribution in [0.15, 0.2) is 33.9 Å². The number of nitrogens with zero attached hydrogens (tertiary/aromatic N) is 4. The van der Waals surface area contributed by atoms with Gasteiger partial charge in [-0.15, -0.1) is 5.10 Å². The van der Waals surface area contributed by atoms with E-state index in [4.69, 9.17) is 4.74 Å². The van der Waals surface area contributed by atoms with Gasteiger partial charge in [0.25, 0.3) is 0 Å². The second-order valence-corrected chi connectivity index (χ2v) is 7.37. The molecule has 0 aliphatic carbocycles. The number of aromatic nitrogens is 3. The highest BCUT2D eigenvalue weighted by Crippen LogP contribution is 2.27. The van der Waals surface area contributed by atoms with Crippen LogP contribution in [0.2, 0.25) is 0 Å². The normalized spacial score (nSPS) is 13.4. The van der Waals surface area contributed by atoms with Crippen molar-refractivity contribution < 1.29 is 9.53 Å². The van der Waals surface area contributed by atoms with Gasteiger partial charge in [-0.3, -0.25) is 19.0 Å². The van der Waals surface area contributed by atoms with E-state index in [1.807, 2.05) is 49.9 Å². The van der Waals surface area contributed by atoms with Gasteiger partial charge in [0.05, 0.1) is 7.11 Å². The standard InChI is InChI=1S/C18H23N5O4/c1-18(2,3)19-14(24)11-23-16(26)15(25)22-10-9-21(17(22)20-23)12-5-7-13(27-4)8-6-12/h5-8H,9-11H2,1-4H3,(H,19,24). The van der Waals surface area contributed by atoms with E-state index in [0.29, 0.717) is 24.8 Å². The molecule has 0 radical (unpaired) electrons. The Balaban J connectivity index is 1.95. The molecule has 144 valence electrons. The van der Waals surface area contributed by atoms with Crippen molar-refractivity contribution in [1.82, 2.24) is 19.7 Å². The molecule has 1 aromatic heterocycles. The van der Waals surface area contributed by atoms with Gasteiger partial charge in [0, 0.05) is 24.3 Å². The fourth-order valence-electron chi connectivity index (χ4n) is 2.93. The van der Waals surface area contributed by atoms with Crippen molar-refractivity contribution in [3.63, 3.8) is 0 Å². The number of nitrogens with one attached hydrogen (secondary N) is 1. The zero-order chi connectivity index (χ0) is 19.8.